The molecule has 6 nitrogen and oxygen atoms in total. The summed E-state index contributed by atoms with van der Waals surface area (Å²) in [5.41, 5.74) is 3.06. The number of rotatable bonds is 5. The van der Waals surface area contributed by atoms with Crippen molar-refractivity contribution in [1.82, 2.24) is 0 Å². The van der Waals surface area contributed by atoms with E-state index in [1.807, 2.05) is 26.0 Å². The van der Waals surface area contributed by atoms with E-state index in [1.54, 1.807) is 18.2 Å². The van der Waals surface area contributed by atoms with Gasteiger partial charge in [-0.2, -0.15) is 0 Å². The maximum absolute atomic E-state index is 13.2. The van der Waals surface area contributed by atoms with E-state index in [1.165, 1.54) is 17.0 Å². The third kappa shape index (κ3) is 3.08. The SMILES string of the molecule is Cc1ccc(C)c(C(=O)COC(=O)c2ccc(N3C(=O)[C@@H]4[C@H]5C=C[C@@H]([C@@H]6C[C@@H]56)[C@H]4C3=O)cc2)c1. The van der Waals surface area contributed by atoms with Crippen LogP contribution in [0.1, 0.15) is 38.3 Å². The van der Waals surface area contributed by atoms with Crippen molar-refractivity contribution in [3.05, 3.63) is 76.9 Å². The molecule has 4 aliphatic carbocycles. The van der Waals surface area contributed by atoms with Crippen molar-refractivity contribution in [3.8, 4) is 0 Å². The van der Waals surface area contributed by atoms with E-state index >= 15 is 0 Å². The van der Waals surface area contributed by atoms with Crippen molar-refractivity contribution in [2.24, 2.45) is 35.5 Å². The molecule has 0 spiro atoms. The van der Waals surface area contributed by atoms with Crippen LogP contribution in [0.3, 0.4) is 0 Å². The van der Waals surface area contributed by atoms with Gasteiger partial charge >= 0.3 is 5.97 Å². The average molecular weight is 456 g/mol. The summed E-state index contributed by atoms with van der Waals surface area (Å²) in [5, 5.41) is 0. The molecule has 2 bridgehead atoms. The zero-order valence-corrected chi connectivity index (χ0v) is 19.1. The van der Waals surface area contributed by atoms with E-state index in [9.17, 15) is 19.2 Å². The van der Waals surface area contributed by atoms with Gasteiger partial charge in [0.15, 0.2) is 6.61 Å². The first-order valence-electron chi connectivity index (χ1n) is 11.8. The number of Topliss-reactive ketones (excluding diaryl/α,β-unsaturated/α-hetero) is 1. The van der Waals surface area contributed by atoms with E-state index < -0.39 is 5.97 Å². The van der Waals surface area contributed by atoms with Crippen LogP contribution in [-0.4, -0.2) is 30.2 Å². The van der Waals surface area contributed by atoms with Gasteiger partial charge in [-0.25, -0.2) is 4.79 Å². The topological polar surface area (TPSA) is 80.8 Å². The van der Waals surface area contributed by atoms with Crippen LogP contribution in [0.15, 0.2) is 54.6 Å². The van der Waals surface area contributed by atoms with Gasteiger partial charge in [-0.3, -0.25) is 19.3 Å². The van der Waals surface area contributed by atoms with Crippen molar-refractivity contribution in [2.45, 2.75) is 20.3 Å². The number of ketones is 1. The second-order valence-electron chi connectivity index (χ2n) is 10.0. The molecular weight excluding hydrogens is 430 g/mol. The number of esters is 1. The number of anilines is 1. The monoisotopic (exact) mass is 455 g/mol. The Kier molecular flexibility index (Phi) is 4.63. The molecule has 2 aromatic rings. The molecule has 0 unspecified atom stereocenters. The predicted octanol–water partition coefficient (Wildman–Crippen LogP) is 3.90. The van der Waals surface area contributed by atoms with Crippen molar-refractivity contribution >= 4 is 29.3 Å². The van der Waals surface area contributed by atoms with Crippen molar-refractivity contribution in [3.63, 3.8) is 0 Å². The number of aryl methyl sites for hydroxylation is 2. The average Bonchev–Trinajstić information content (AvgIpc) is 3.62. The van der Waals surface area contributed by atoms with Crippen LogP contribution in [0.4, 0.5) is 5.69 Å². The van der Waals surface area contributed by atoms with Crippen LogP contribution in [-0.2, 0) is 14.3 Å². The first kappa shape index (κ1) is 21.0. The minimum absolute atomic E-state index is 0.130. The Morgan fingerprint density at radius 1 is 0.912 bits per heavy atom. The highest BCUT2D eigenvalue weighted by atomic mass is 16.5. The molecule has 3 fully saturated rings. The van der Waals surface area contributed by atoms with E-state index in [-0.39, 0.29) is 53.4 Å². The minimum Gasteiger partial charge on any atom is -0.454 e. The molecule has 6 atom stereocenters. The molecule has 172 valence electrons. The first-order valence-corrected chi connectivity index (χ1v) is 11.8. The van der Waals surface area contributed by atoms with Crippen LogP contribution >= 0.6 is 0 Å². The fourth-order valence-corrected chi connectivity index (χ4v) is 6.29. The lowest BCUT2D eigenvalue weighted by Gasteiger charge is -2.37. The third-order valence-electron chi connectivity index (χ3n) is 8.05. The van der Waals surface area contributed by atoms with E-state index in [0.717, 1.165) is 17.5 Å². The fourth-order valence-electron chi connectivity index (χ4n) is 6.29. The third-order valence-corrected chi connectivity index (χ3v) is 8.05. The normalized spacial score (nSPS) is 30.2. The minimum atomic E-state index is -0.625. The van der Waals surface area contributed by atoms with Crippen LogP contribution < -0.4 is 4.90 Å². The largest absolute Gasteiger partial charge is 0.454 e. The molecule has 0 aromatic heterocycles. The molecule has 2 aromatic carbocycles. The molecule has 2 amide bonds. The van der Waals surface area contributed by atoms with Crippen LogP contribution in [0.2, 0.25) is 0 Å². The Morgan fingerprint density at radius 3 is 2.15 bits per heavy atom. The zero-order chi connectivity index (χ0) is 23.7. The maximum Gasteiger partial charge on any atom is 0.338 e. The Bertz CT molecular complexity index is 1240. The van der Waals surface area contributed by atoms with Gasteiger partial charge in [-0.05, 0) is 79.8 Å². The van der Waals surface area contributed by atoms with Gasteiger partial charge in [-0.1, -0.05) is 29.8 Å². The molecule has 6 heteroatoms. The fraction of sp³-hybridized carbons (Fsp3) is 0.357. The van der Waals surface area contributed by atoms with Gasteiger partial charge in [0.1, 0.15) is 0 Å². The summed E-state index contributed by atoms with van der Waals surface area (Å²) >= 11 is 0. The van der Waals surface area contributed by atoms with Crippen molar-refractivity contribution in [1.29, 1.82) is 0 Å². The van der Waals surface area contributed by atoms with Crippen LogP contribution in [0, 0.1) is 49.4 Å². The number of benzene rings is 2. The Labute approximate surface area is 197 Å². The molecule has 7 rings (SSSR count). The Hall–Kier alpha value is -3.54. The number of nitrogens with zero attached hydrogens (tertiary/aromatic N) is 1. The highest BCUT2D eigenvalue weighted by Crippen LogP contribution is 2.65. The quantitative estimate of drug-likeness (QED) is 0.296. The predicted molar refractivity (Wildman–Crippen MR) is 124 cm³/mol. The molecule has 1 saturated heterocycles. The highest BCUT2D eigenvalue weighted by Gasteiger charge is 2.67. The summed E-state index contributed by atoms with van der Waals surface area (Å²) in [6, 6.07) is 11.9. The molecule has 0 radical (unpaired) electrons. The van der Waals surface area contributed by atoms with E-state index in [2.05, 4.69) is 12.2 Å². The number of hydrogen-bond donors (Lipinski definition) is 0. The van der Waals surface area contributed by atoms with Gasteiger partial charge in [0.25, 0.3) is 0 Å². The molecule has 0 N–H and O–H groups in total. The molecule has 1 heterocycles. The summed E-state index contributed by atoms with van der Waals surface area (Å²) in [6.07, 6.45) is 5.42. The Morgan fingerprint density at radius 2 is 1.53 bits per heavy atom. The number of carbonyl (C=O) groups excluding carboxylic acids is 4. The van der Waals surface area contributed by atoms with Crippen molar-refractivity contribution in [2.75, 3.05) is 11.5 Å². The second-order valence-corrected chi connectivity index (χ2v) is 10.0. The molecule has 5 aliphatic rings. The summed E-state index contributed by atoms with van der Waals surface area (Å²) in [5.74, 6) is -0.214. The lowest BCUT2D eigenvalue weighted by atomic mass is 9.63. The standard InChI is InChI=1S/C28H25NO5/c1-14-3-4-15(2)20(11-14)23(30)13-34-28(33)16-5-7-17(8-6-16)29-26(31)24-18-9-10-19(22-12-21(18)22)25(24)27(29)32/h3-11,18-19,21-22,24-25H,12-13H2,1-2H3/t18-,19-,21-,22-,24+,25+/m0/s1. The van der Waals surface area contributed by atoms with Crippen LogP contribution in [0.5, 0.6) is 0 Å². The van der Waals surface area contributed by atoms with Crippen LogP contribution in [0.25, 0.3) is 0 Å². The van der Waals surface area contributed by atoms with Crippen molar-refractivity contribution < 1.29 is 23.9 Å². The van der Waals surface area contributed by atoms with E-state index in [4.69, 9.17) is 4.74 Å². The number of carbonyl (C=O) groups is 4. The maximum atomic E-state index is 13.2. The second kappa shape index (κ2) is 7.49. The summed E-state index contributed by atoms with van der Waals surface area (Å²) in [6.45, 7) is 3.39. The molecule has 2 saturated carbocycles. The number of allylic oxidation sites excluding steroid dienone is 2. The zero-order valence-electron chi connectivity index (χ0n) is 19.1. The summed E-state index contributed by atoms with van der Waals surface area (Å²) in [7, 11) is 0. The number of ether oxygens (including phenoxy) is 1. The van der Waals surface area contributed by atoms with Gasteiger partial charge in [0.05, 0.1) is 23.1 Å². The number of imide groups is 1. The van der Waals surface area contributed by atoms with Gasteiger partial charge in [0, 0.05) is 5.56 Å². The van der Waals surface area contributed by atoms with Gasteiger partial charge < -0.3 is 4.74 Å². The Balaban J connectivity index is 1.14. The lowest BCUT2D eigenvalue weighted by molar-refractivity contribution is -0.124. The summed E-state index contributed by atoms with van der Waals surface area (Å²) < 4.78 is 5.23. The molecule has 34 heavy (non-hydrogen) atoms. The number of amides is 2. The number of hydrogen-bond acceptors (Lipinski definition) is 5. The summed E-state index contributed by atoms with van der Waals surface area (Å²) in [4.78, 5) is 52.8. The van der Waals surface area contributed by atoms with Gasteiger partial charge in [0.2, 0.25) is 17.6 Å². The van der Waals surface area contributed by atoms with E-state index in [0.29, 0.717) is 23.1 Å². The molecular formula is C28H25NO5. The first-order chi connectivity index (χ1) is 16.3. The smallest absolute Gasteiger partial charge is 0.338 e. The van der Waals surface area contributed by atoms with Gasteiger partial charge in [-0.15, -0.1) is 0 Å². The highest BCUT2D eigenvalue weighted by molar-refractivity contribution is 6.22. The lowest BCUT2D eigenvalue weighted by Crippen LogP contribution is -2.40. The molecule has 1 aliphatic heterocycles.